The van der Waals surface area contributed by atoms with Gasteiger partial charge >= 0.3 is 0 Å². The molecule has 1 nitrogen and oxygen atoms in total. The summed E-state index contributed by atoms with van der Waals surface area (Å²) in [6, 6.07) is 0. The van der Waals surface area contributed by atoms with Gasteiger partial charge in [-0.3, -0.25) is 4.79 Å². The zero-order valence-corrected chi connectivity index (χ0v) is 21.1. The van der Waals surface area contributed by atoms with E-state index < -0.39 is 0 Å². The second-order valence-corrected chi connectivity index (χ2v) is 14.5. The first-order chi connectivity index (χ1) is 13.9. The first-order valence-electron chi connectivity index (χ1n) is 13.4. The Balaban J connectivity index is 1.53. The van der Waals surface area contributed by atoms with Crippen molar-refractivity contribution >= 4 is 5.78 Å². The van der Waals surface area contributed by atoms with E-state index in [-0.39, 0.29) is 11.3 Å². The van der Waals surface area contributed by atoms with Gasteiger partial charge in [0.2, 0.25) is 0 Å². The van der Waals surface area contributed by atoms with E-state index in [4.69, 9.17) is 0 Å². The highest BCUT2D eigenvalue weighted by molar-refractivity contribution is 5.82. The molecule has 0 N–H and O–H groups in total. The second kappa shape index (κ2) is 6.38. The Morgan fingerprint density at radius 3 is 2.13 bits per heavy atom. The number of fused-ring (bicyclic) bond motifs is 7. The largest absolute Gasteiger partial charge is 0.299 e. The molecule has 0 saturated heterocycles. The molecule has 1 heteroatoms. The number of ketones is 1. The van der Waals surface area contributed by atoms with Crippen molar-refractivity contribution in [3.63, 3.8) is 0 Å². The van der Waals surface area contributed by atoms with E-state index in [0.717, 1.165) is 30.1 Å². The zero-order chi connectivity index (χ0) is 21.7. The minimum Gasteiger partial charge on any atom is -0.299 e. The lowest BCUT2D eigenvalue weighted by Gasteiger charge is -2.73. The molecule has 9 atom stereocenters. The predicted octanol–water partition coefficient (Wildman–Crippen LogP) is 8.07. The van der Waals surface area contributed by atoms with E-state index >= 15 is 0 Å². The summed E-state index contributed by atoms with van der Waals surface area (Å²) in [6.07, 6.45) is 14.8. The molecule has 0 amide bonds. The maximum Gasteiger partial charge on any atom is 0.136 e. The molecule has 0 unspecified atom stereocenters. The summed E-state index contributed by atoms with van der Waals surface area (Å²) in [5.74, 6) is 4.34. The monoisotopic (exact) mass is 412 g/mol. The first kappa shape index (κ1) is 21.5. The number of carbonyl (C=O) groups excluding carboxylic acids is 1. The lowest BCUT2D eigenvalue weighted by atomic mass is 9.31. The Labute approximate surface area is 186 Å². The van der Waals surface area contributed by atoms with Gasteiger partial charge < -0.3 is 0 Å². The van der Waals surface area contributed by atoms with Crippen LogP contribution in [0.2, 0.25) is 0 Å². The molecule has 0 heterocycles. The van der Waals surface area contributed by atoms with E-state index in [1.54, 1.807) is 0 Å². The summed E-state index contributed by atoms with van der Waals surface area (Å²) < 4.78 is 0. The van der Waals surface area contributed by atoms with Crippen molar-refractivity contribution in [1.29, 1.82) is 0 Å². The van der Waals surface area contributed by atoms with Crippen LogP contribution in [0.4, 0.5) is 0 Å². The van der Waals surface area contributed by atoms with E-state index in [0.29, 0.717) is 27.4 Å². The number of hydrogen-bond donors (Lipinski definition) is 0. The number of carbonyl (C=O) groups is 1. The van der Waals surface area contributed by atoms with Crippen LogP contribution < -0.4 is 0 Å². The molecule has 5 aliphatic carbocycles. The summed E-state index contributed by atoms with van der Waals surface area (Å²) in [4.78, 5) is 12.7. The third kappa shape index (κ3) is 2.56. The Kier molecular flexibility index (Phi) is 4.57. The van der Waals surface area contributed by atoms with Gasteiger partial charge in [-0.25, -0.2) is 0 Å². The summed E-state index contributed by atoms with van der Waals surface area (Å²) in [6.45, 7) is 18.0. The van der Waals surface area contributed by atoms with Crippen molar-refractivity contribution in [2.24, 2.45) is 56.7 Å². The summed E-state index contributed by atoms with van der Waals surface area (Å²) in [5, 5.41) is 0. The maximum absolute atomic E-state index is 12.7. The van der Waals surface area contributed by atoms with Gasteiger partial charge in [0.1, 0.15) is 5.78 Å². The molecule has 0 aliphatic heterocycles. The average molecular weight is 413 g/mol. The van der Waals surface area contributed by atoms with E-state index in [1.807, 2.05) is 0 Å². The van der Waals surface area contributed by atoms with Crippen LogP contribution in [0.1, 0.15) is 119 Å². The summed E-state index contributed by atoms with van der Waals surface area (Å²) in [7, 11) is 0. The van der Waals surface area contributed by atoms with Crippen LogP contribution in [0.15, 0.2) is 0 Å². The third-order valence-electron chi connectivity index (χ3n) is 13.2. The lowest BCUT2D eigenvalue weighted by Crippen LogP contribution is -2.66. The topological polar surface area (TPSA) is 17.1 Å². The highest BCUT2D eigenvalue weighted by Gasteiger charge is 2.69. The molecular formula is C29H48O. The molecule has 0 radical (unpaired) electrons. The fourth-order valence-electron chi connectivity index (χ4n) is 10.9. The molecule has 0 aromatic heterocycles. The van der Waals surface area contributed by atoms with Gasteiger partial charge in [-0.2, -0.15) is 0 Å². The lowest BCUT2D eigenvalue weighted by molar-refractivity contribution is -0.242. The van der Waals surface area contributed by atoms with E-state index in [9.17, 15) is 4.79 Å². The molecule has 5 saturated carbocycles. The van der Waals surface area contributed by atoms with Crippen LogP contribution in [-0.4, -0.2) is 5.78 Å². The van der Waals surface area contributed by atoms with Crippen molar-refractivity contribution in [1.82, 2.24) is 0 Å². The van der Waals surface area contributed by atoms with Crippen molar-refractivity contribution in [2.75, 3.05) is 0 Å². The van der Waals surface area contributed by atoms with Gasteiger partial charge in [0.15, 0.2) is 0 Å². The second-order valence-electron chi connectivity index (χ2n) is 14.5. The van der Waals surface area contributed by atoms with Crippen LogP contribution in [0.5, 0.6) is 0 Å². The number of rotatable bonds is 0. The Morgan fingerprint density at radius 1 is 0.700 bits per heavy atom. The predicted molar refractivity (Wildman–Crippen MR) is 125 cm³/mol. The van der Waals surface area contributed by atoms with Gasteiger partial charge in [-0.05, 0) is 115 Å². The van der Waals surface area contributed by atoms with Crippen LogP contribution >= 0.6 is 0 Å². The SMILES string of the molecule is C[C@H]1C(=O)CC[C@@H]2[C@]1(C)CC[C@H]1[C@@]2(C)CC[C@@]2(C)[C@@H]3CC(C)(C)CC[C@H]3CC[C@]12C. The molecule has 5 rings (SSSR count). The smallest absolute Gasteiger partial charge is 0.136 e. The third-order valence-corrected chi connectivity index (χ3v) is 13.2. The van der Waals surface area contributed by atoms with Crippen LogP contribution in [0, 0.1) is 56.7 Å². The maximum atomic E-state index is 12.7. The van der Waals surface area contributed by atoms with E-state index in [2.05, 4.69) is 48.5 Å². The number of Topliss-reactive ketones (excluding diaryl/α,β-unsaturated/α-hetero) is 1. The van der Waals surface area contributed by atoms with Crippen LogP contribution in [0.25, 0.3) is 0 Å². The Morgan fingerprint density at radius 2 is 1.40 bits per heavy atom. The van der Waals surface area contributed by atoms with Gasteiger partial charge in [0, 0.05) is 12.3 Å². The van der Waals surface area contributed by atoms with Crippen molar-refractivity contribution in [2.45, 2.75) is 119 Å². The average Bonchev–Trinajstić information content (AvgIpc) is 2.67. The van der Waals surface area contributed by atoms with Crippen molar-refractivity contribution in [3.05, 3.63) is 0 Å². The fraction of sp³-hybridized carbons (Fsp3) is 0.966. The molecule has 0 bridgehead atoms. The Hall–Kier alpha value is -0.330. The molecule has 170 valence electrons. The molecular weight excluding hydrogens is 364 g/mol. The van der Waals surface area contributed by atoms with Crippen LogP contribution in [-0.2, 0) is 4.79 Å². The summed E-state index contributed by atoms with van der Waals surface area (Å²) >= 11 is 0. The molecule has 5 fully saturated rings. The molecule has 0 aromatic carbocycles. The highest BCUT2D eigenvalue weighted by Crippen LogP contribution is 2.76. The quantitative estimate of drug-likeness (QED) is 0.393. The molecule has 30 heavy (non-hydrogen) atoms. The van der Waals surface area contributed by atoms with Crippen molar-refractivity contribution < 1.29 is 4.79 Å². The van der Waals surface area contributed by atoms with Gasteiger partial charge in [0.05, 0.1) is 0 Å². The summed E-state index contributed by atoms with van der Waals surface area (Å²) in [5.41, 5.74) is 2.22. The fourth-order valence-corrected chi connectivity index (χ4v) is 10.9. The molecule has 0 spiro atoms. The normalized spacial score (nSPS) is 57.6. The van der Waals surface area contributed by atoms with Crippen molar-refractivity contribution in [3.8, 4) is 0 Å². The standard InChI is InChI=1S/C29H48O/c1-19-22(30)8-9-23-26(19,4)14-12-24-27(23,5)16-17-28(6)21-18-25(2,3)13-10-20(21)11-15-29(24,28)7/h19-21,23-24H,8-18H2,1-7H3/t19-,20-,21+,23+,24-,26+,27-,28-,29+/m0/s1. The molecule has 0 aromatic rings. The minimum absolute atomic E-state index is 0.245. The van der Waals surface area contributed by atoms with Gasteiger partial charge in [0.25, 0.3) is 0 Å². The zero-order valence-electron chi connectivity index (χ0n) is 21.1. The Bertz CT molecular complexity index is 737. The van der Waals surface area contributed by atoms with Gasteiger partial charge in [-0.15, -0.1) is 0 Å². The van der Waals surface area contributed by atoms with E-state index in [1.165, 1.54) is 64.2 Å². The minimum atomic E-state index is 0.245. The first-order valence-corrected chi connectivity index (χ1v) is 13.4. The highest BCUT2D eigenvalue weighted by atomic mass is 16.1. The molecule has 5 aliphatic rings. The van der Waals surface area contributed by atoms with Crippen LogP contribution in [0.3, 0.4) is 0 Å². The number of hydrogen-bond acceptors (Lipinski definition) is 1. The van der Waals surface area contributed by atoms with Gasteiger partial charge in [-0.1, -0.05) is 48.5 Å².